The van der Waals surface area contributed by atoms with Crippen molar-refractivity contribution in [3.8, 4) is 11.5 Å². The predicted molar refractivity (Wildman–Crippen MR) is 127 cm³/mol. The first-order chi connectivity index (χ1) is 15.5. The van der Waals surface area contributed by atoms with Crippen LogP contribution in [0, 0.1) is 10.1 Å². The molecule has 0 unspecified atom stereocenters. The van der Waals surface area contributed by atoms with Gasteiger partial charge in [-0.2, -0.15) is 5.10 Å². The largest absolute Gasteiger partial charge is 0.493 e. The van der Waals surface area contributed by atoms with E-state index >= 15 is 0 Å². The third kappa shape index (κ3) is 5.92. The van der Waals surface area contributed by atoms with E-state index in [2.05, 4.69) is 38.0 Å². The summed E-state index contributed by atoms with van der Waals surface area (Å²) < 4.78 is 12.6. The van der Waals surface area contributed by atoms with Gasteiger partial charge in [-0.3, -0.25) is 15.5 Å². The quantitative estimate of drug-likeness (QED) is 0.172. The molecule has 0 saturated carbocycles. The zero-order valence-corrected chi connectivity index (χ0v) is 18.9. The third-order valence-electron chi connectivity index (χ3n) is 4.40. The molecule has 0 radical (unpaired) electrons. The van der Waals surface area contributed by atoms with Gasteiger partial charge in [-0.15, -0.1) is 6.58 Å². The first-order valence-corrected chi connectivity index (χ1v) is 10.4. The van der Waals surface area contributed by atoms with Crippen LogP contribution < -0.4 is 14.9 Å². The minimum atomic E-state index is -0.520. The SMILES string of the molecule is C=CCc1cc(C=NNc2ncccc2[N+](=O)[O-])cc(OC)c1OCc1ccc(Br)cc1. The summed E-state index contributed by atoms with van der Waals surface area (Å²) in [5.41, 5.74) is 5.08. The normalized spacial score (nSPS) is 10.7. The Hall–Kier alpha value is -3.72. The molecule has 0 spiro atoms. The van der Waals surface area contributed by atoms with Crippen LogP contribution in [0.2, 0.25) is 0 Å². The highest BCUT2D eigenvalue weighted by molar-refractivity contribution is 9.10. The van der Waals surface area contributed by atoms with Crippen molar-refractivity contribution in [2.45, 2.75) is 13.0 Å². The van der Waals surface area contributed by atoms with Gasteiger partial charge < -0.3 is 9.47 Å². The van der Waals surface area contributed by atoms with Gasteiger partial charge in [0.05, 0.1) is 18.2 Å². The maximum atomic E-state index is 11.1. The van der Waals surface area contributed by atoms with E-state index in [1.54, 1.807) is 19.3 Å². The Morgan fingerprint density at radius 2 is 2.06 bits per heavy atom. The molecule has 0 aliphatic carbocycles. The lowest BCUT2D eigenvalue weighted by atomic mass is 10.1. The van der Waals surface area contributed by atoms with E-state index in [1.807, 2.05) is 30.3 Å². The third-order valence-corrected chi connectivity index (χ3v) is 4.93. The van der Waals surface area contributed by atoms with Crippen LogP contribution in [0.5, 0.6) is 11.5 Å². The predicted octanol–water partition coefficient (Wildman–Crippen LogP) is 5.51. The Morgan fingerprint density at radius 3 is 2.75 bits per heavy atom. The van der Waals surface area contributed by atoms with Gasteiger partial charge in [0.1, 0.15) is 6.61 Å². The Balaban J connectivity index is 1.82. The van der Waals surface area contributed by atoms with Crippen LogP contribution in [0.25, 0.3) is 0 Å². The number of allylic oxidation sites excluding steroid dienone is 1. The number of hydrazone groups is 1. The van der Waals surface area contributed by atoms with Crippen molar-refractivity contribution in [3.63, 3.8) is 0 Å². The van der Waals surface area contributed by atoms with E-state index in [1.165, 1.54) is 24.5 Å². The number of nitrogens with zero attached hydrogens (tertiary/aromatic N) is 3. The van der Waals surface area contributed by atoms with Crippen LogP contribution in [0.15, 0.2) is 77.0 Å². The fourth-order valence-corrected chi connectivity index (χ4v) is 3.18. The number of rotatable bonds is 10. The summed E-state index contributed by atoms with van der Waals surface area (Å²) in [6, 6.07) is 14.4. The minimum Gasteiger partial charge on any atom is -0.493 e. The molecule has 1 aromatic heterocycles. The molecule has 32 heavy (non-hydrogen) atoms. The first-order valence-electron chi connectivity index (χ1n) is 9.59. The molecular formula is C23H21BrN4O4. The fraction of sp³-hybridized carbons (Fsp3) is 0.130. The van der Waals surface area contributed by atoms with Gasteiger partial charge >= 0.3 is 5.69 Å². The highest BCUT2D eigenvalue weighted by Crippen LogP contribution is 2.34. The van der Waals surface area contributed by atoms with E-state index in [0.29, 0.717) is 24.5 Å². The van der Waals surface area contributed by atoms with Gasteiger partial charge in [-0.05, 0) is 47.9 Å². The van der Waals surface area contributed by atoms with Gasteiger partial charge in [0, 0.05) is 22.3 Å². The molecular weight excluding hydrogens is 476 g/mol. The summed E-state index contributed by atoms with van der Waals surface area (Å²) >= 11 is 3.42. The molecule has 0 fully saturated rings. The molecule has 3 aromatic rings. The second kappa shape index (κ2) is 11.1. The highest BCUT2D eigenvalue weighted by Gasteiger charge is 2.14. The molecule has 2 aromatic carbocycles. The first kappa shape index (κ1) is 23.0. The molecule has 0 atom stereocenters. The molecule has 0 amide bonds. The molecule has 1 N–H and O–H groups in total. The van der Waals surface area contributed by atoms with Crippen molar-refractivity contribution in [2.75, 3.05) is 12.5 Å². The number of nitrogens with one attached hydrogen (secondary N) is 1. The number of aromatic nitrogens is 1. The molecule has 0 aliphatic heterocycles. The standard InChI is InChI=1S/C23H21BrN4O4/c1-3-5-18-12-17(14-26-27-23-20(28(29)30)6-4-11-25-23)13-21(31-2)22(18)32-15-16-7-9-19(24)10-8-16/h3-4,6-14H,1,5,15H2,2H3,(H,25,27). The molecule has 0 aliphatic rings. The van der Waals surface area contributed by atoms with Crippen LogP contribution in [0.4, 0.5) is 11.5 Å². The zero-order valence-electron chi connectivity index (χ0n) is 17.3. The maximum Gasteiger partial charge on any atom is 0.313 e. The summed E-state index contributed by atoms with van der Waals surface area (Å²) in [5, 5.41) is 15.2. The number of anilines is 1. The summed E-state index contributed by atoms with van der Waals surface area (Å²) in [4.78, 5) is 14.5. The van der Waals surface area contributed by atoms with Crippen LogP contribution in [-0.2, 0) is 13.0 Å². The summed E-state index contributed by atoms with van der Waals surface area (Å²) in [6.45, 7) is 4.20. The van der Waals surface area contributed by atoms with Crippen LogP contribution in [-0.4, -0.2) is 23.2 Å². The Morgan fingerprint density at radius 1 is 1.28 bits per heavy atom. The van der Waals surface area contributed by atoms with Crippen LogP contribution in [0.3, 0.4) is 0 Å². The van der Waals surface area contributed by atoms with Gasteiger partial charge in [-0.1, -0.05) is 34.1 Å². The summed E-state index contributed by atoms with van der Waals surface area (Å²) in [5.74, 6) is 1.23. The lowest BCUT2D eigenvalue weighted by Crippen LogP contribution is -2.03. The van der Waals surface area contributed by atoms with Crippen LogP contribution in [0.1, 0.15) is 16.7 Å². The number of benzene rings is 2. The van der Waals surface area contributed by atoms with Gasteiger partial charge in [0.25, 0.3) is 0 Å². The van der Waals surface area contributed by atoms with Crippen molar-refractivity contribution in [3.05, 3.63) is 98.7 Å². The fourth-order valence-electron chi connectivity index (χ4n) is 2.92. The molecule has 0 bridgehead atoms. The van der Waals surface area contributed by atoms with Crippen molar-refractivity contribution in [2.24, 2.45) is 5.10 Å². The number of ether oxygens (including phenoxy) is 2. The summed E-state index contributed by atoms with van der Waals surface area (Å²) in [7, 11) is 1.57. The number of hydrogen-bond acceptors (Lipinski definition) is 7. The van der Waals surface area contributed by atoms with E-state index < -0.39 is 4.92 Å². The van der Waals surface area contributed by atoms with Crippen molar-refractivity contribution in [1.29, 1.82) is 0 Å². The van der Waals surface area contributed by atoms with E-state index in [4.69, 9.17) is 9.47 Å². The van der Waals surface area contributed by atoms with Crippen molar-refractivity contribution in [1.82, 2.24) is 4.98 Å². The number of halogens is 1. The Labute approximate surface area is 193 Å². The average Bonchev–Trinajstić information content (AvgIpc) is 2.79. The lowest BCUT2D eigenvalue weighted by molar-refractivity contribution is -0.384. The monoisotopic (exact) mass is 496 g/mol. The Bertz CT molecular complexity index is 1130. The van der Waals surface area contributed by atoms with E-state index in [-0.39, 0.29) is 11.5 Å². The highest BCUT2D eigenvalue weighted by atomic mass is 79.9. The number of nitro groups is 1. The second-order valence-corrected chi connectivity index (χ2v) is 7.53. The van der Waals surface area contributed by atoms with Gasteiger partial charge in [0.15, 0.2) is 11.5 Å². The number of hydrogen-bond donors (Lipinski definition) is 1. The maximum absolute atomic E-state index is 11.1. The summed E-state index contributed by atoms with van der Waals surface area (Å²) in [6.07, 6.45) is 5.32. The molecule has 9 heteroatoms. The van der Waals surface area contributed by atoms with Crippen LogP contribution >= 0.6 is 15.9 Å². The number of methoxy groups -OCH3 is 1. The number of pyridine rings is 1. The van der Waals surface area contributed by atoms with Crippen molar-refractivity contribution < 1.29 is 14.4 Å². The van der Waals surface area contributed by atoms with E-state index in [9.17, 15) is 10.1 Å². The van der Waals surface area contributed by atoms with Crippen molar-refractivity contribution >= 4 is 33.6 Å². The van der Waals surface area contributed by atoms with Gasteiger partial charge in [0.2, 0.25) is 5.82 Å². The smallest absolute Gasteiger partial charge is 0.313 e. The molecule has 1 heterocycles. The molecule has 8 nitrogen and oxygen atoms in total. The zero-order chi connectivity index (χ0) is 22.9. The topological polar surface area (TPSA) is 98.9 Å². The molecule has 3 rings (SSSR count). The average molecular weight is 497 g/mol. The van der Waals surface area contributed by atoms with E-state index in [0.717, 1.165) is 21.2 Å². The van der Waals surface area contributed by atoms with Gasteiger partial charge in [-0.25, -0.2) is 4.98 Å². The lowest BCUT2D eigenvalue weighted by Gasteiger charge is -2.16. The minimum absolute atomic E-state index is 0.0569. The second-order valence-electron chi connectivity index (χ2n) is 6.62. The molecule has 0 saturated heterocycles. The Kier molecular flexibility index (Phi) is 7.93. The molecule has 164 valence electrons.